The minimum atomic E-state index is 0.0206. The molecule has 2 heteroatoms. The quantitative estimate of drug-likeness (QED) is 0.476. The highest BCUT2D eigenvalue weighted by Crippen LogP contribution is 2.34. The van der Waals surface area contributed by atoms with Crippen LogP contribution in [0.5, 0.6) is 0 Å². The summed E-state index contributed by atoms with van der Waals surface area (Å²) in [6.07, 6.45) is 5.51. The first-order valence-corrected chi connectivity index (χ1v) is 4.04. The summed E-state index contributed by atoms with van der Waals surface area (Å²) in [5.41, 5.74) is 0. The van der Waals surface area contributed by atoms with Gasteiger partial charge in [0.25, 0.3) is 0 Å². The zero-order valence-corrected chi connectivity index (χ0v) is 6.01. The van der Waals surface area contributed by atoms with Crippen LogP contribution >= 0.6 is 0 Å². The fourth-order valence-electron chi connectivity index (χ4n) is 1.97. The van der Waals surface area contributed by atoms with E-state index in [0.29, 0.717) is 6.42 Å². The van der Waals surface area contributed by atoms with Crippen molar-refractivity contribution in [3.05, 3.63) is 0 Å². The van der Waals surface area contributed by atoms with Crippen LogP contribution in [-0.4, -0.2) is 12.1 Å². The molecular formula is C8H12O2. The SMILES string of the molecule is O=C1CCC2CCC(C2)O1. The van der Waals surface area contributed by atoms with E-state index in [1.165, 1.54) is 6.42 Å². The lowest BCUT2D eigenvalue weighted by atomic mass is 10.0. The van der Waals surface area contributed by atoms with E-state index >= 15 is 0 Å². The van der Waals surface area contributed by atoms with Crippen molar-refractivity contribution in [1.82, 2.24) is 0 Å². The lowest BCUT2D eigenvalue weighted by Gasteiger charge is -2.08. The van der Waals surface area contributed by atoms with Gasteiger partial charge in [0.1, 0.15) is 6.10 Å². The Morgan fingerprint density at radius 1 is 1.30 bits per heavy atom. The molecule has 0 spiro atoms. The van der Waals surface area contributed by atoms with Gasteiger partial charge in [0.15, 0.2) is 0 Å². The number of hydrogen-bond donors (Lipinski definition) is 0. The largest absolute Gasteiger partial charge is 0.462 e. The third-order valence-electron chi connectivity index (χ3n) is 2.55. The van der Waals surface area contributed by atoms with Gasteiger partial charge < -0.3 is 4.74 Å². The van der Waals surface area contributed by atoms with Crippen molar-refractivity contribution >= 4 is 5.97 Å². The van der Waals surface area contributed by atoms with Crippen molar-refractivity contribution in [2.45, 2.75) is 38.2 Å². The summed E-state index contributed by atoms with van der Waals surface area (Å²) >= 11 is 0. The zero-order valence-electron chi connectivity index (χ0n) is 6.01. The second-order valence-corrected chi connectivity index (χ2v) is 3.33. The van der Waals surface area contributed by atoms with Gasteiger partial charge in [-0.05, 0) is 31.6 Å². The van der Waals surface area contributed by atoms with Crippen molar-refractivity contribution in [2.75, 3.05) is 0 Å². The maximum atomic E-state index is 10.9. The lowest BCUT2D eigenvalue weighted by molar-refractivity contribution is -0.147. The molecule has 1 saturated heterocycles. The Hall–Kier alpha value is -0.530. The molecule has 0 aromatic heterocycles. The molecule has 0 N–H and O–H groups in total. The summed E-state index contributed by atoms with van der Waals surface area (Å²) in [6.45, 7) is 0. The third-order valence-corrected chi connectivity index (χ3v) is 2.55. The Morgan fingerprint density at radius 3 is 3.10 bits per heavy atom. The van der Waals surface area contributed by atoms with Gasteiger partial charge in [-0.15, -0.1) is 0 Å². The molecule has 56 valence electrons. The molecule has 2 atom stereocenters. The summed E-state index contributed by atoms with van der Waals surface area (Å²) < 4.78 is 5.16. The van der Waals surface area contributed by atoms with E-state index in [2.05, 4.69) is 0 Å². The molecule has 1 aliphatic carbocycles. The molecule has 0 amide bonds. The Labute approximate surface area is 60.6 Å². The number of hydrogen-bond acceptors (Lipinski definition) is 2. The van der Waals surface area contributed by atoms with Gasteiger partial charge in [0, 0.05) is 6.42 Å². The number of carbonyl (C=O) groups is 1. The maximum Gasteiger partial charge on any atom is 0.306 e. The molecule has 1 saturated carbocycles. The number of rotatable bonds is 0. The summed E-state index contributed by atoms with van der Waals surface area (Å²) in [5, 5.41) is 0. The fraction of sp³-hybridized carbons (Fsp3) is 0.875. The van der Waals surface area contributed by atoms with E-state index in [0.717, 1.165) is 25.2 Å². The molecule has 0 aromatic carbocycles. The molecule has 2 bridgehead atoms. The Morgan fingerprint density at radius 2 is 2.20 bits per heavy atom. The van der Waals surface area contributed by atoms with Gasteiger partial charge in [-0.2, -0.15) is 0 Å². The minimum Gasteiger partial charge on any atom is -0.462 e. The summed E-state index contributed by atoms with van der Waals surface area (Å²) in [4.78, 5) is 10.9. The van der Waals surface area contributed by atoms with Gasteiger partial charge >= 0.3 is 5.97 Å². The number of carbonyl (C=O) groups excluding carboxylic acids is 1. The zero-order chi connectivity index (χ0) is 6.97. The molecule has 2 fully saturated rings. The summed E-state index contributed by atoms with van der Waals surface area (Å²) in [5.74, 6) is 0.809. The molecule has 0 radical (unpaired) electrons. The average molecular weight is 140 g/mol. The molecule has 10 heavy (non-hydrogen) atoms. The van der Waals surface area contributed by atoms with Crippen molar-refractivity contribution in [3.63, 3.8) is 0 Å². The van der Waals surface area contributed by atoms with E-state index in [1.807, 2.05) is 0 Å². The monoisotopic (exact) mass is 140 g/mol. The topological polar surface area (TPSA) is 26.3 Å². The molecule has 2 aliphatic rings. The highest BCUT2D eigenvalue weighted by Gasteiger charge is 2.30. The standard InChI is InChI=1S/C8H12O2/c9-8-4-2-6-1-3-7(5-6)10-8/h6-7H,1-5H2. The van der Waals surface area contributed by atoms with Crippen LogP contribution in [0.15, 0.2) is 0 Å². The Balaban J connectivity index is 2.05. The van der Waals surface area contributed by atoms with E-state index in [4.69, 9.17) is 4.74 Å². The smallest absolute Gasteiger partial charge is 0.306 e. The number of ether oxygens (including phenoxy) is 1. The van der Waals surface area contributed by atoms with Gasteiger partial charge in [-0.3, -0.25) is 4.79 Å². The normalized spacial score (nSPS) is 39.0. The van der Waals surface area contributed by atoms with Crippen LogP contribution in [0.3, 0.4) is 0 Å². The van der Waals surface area contributed by atoms with Crippen LogP contribution in [0.25, 0.3) is 0 Å². The highest BCUT2D eigenvalue weighted by molar-refractivity contribution is 5.69. The van der Waals surface area contributed by atoms with Crippen LogP contribution < -0.4 is 0 Å². The third kappa shape index (κ3) is 1.02. The summed E-state index contributed by atoms with van der Waals surface area (Å²) in [7, 11) is 0. The van der Waals surface area contributed by atoms with Crippen molar-refractivity contribution in [2.24, 2.45) is 5.92 Å². The summed E-state index contributed by atoms with van der Waals surface area (Å²) in [6, 6.07) is 0. The first-order valence-electron chi connectivity index (χ1n) is 4.04. The predicted octanol–water partition coefficient (Wildman–Crippen LogP) is 1.49. The van der Waals surface area contributed by atoms with Gasteiger partial charge in [-0.25, -0.2) is 0 Å². The second-order valence-electron chi connectivity index (χ2n) is 3.33. The molecule has 1 heterocycles. The van der Waals surface area contributed by atoms with E-state index in [-0.39, 0.29) is 12.1 Å². The van der Waals surface area contributed by atoms with Crippen LogP contribution in [0.2, 0.25) is 0 Å². The van der Waals surface area contributed by atoms with Gasteiger partial charge in [0.2, 0.25) is 0 Å². The van der Waals surface area contributed by atoms with Crippen LogP contribution in [0.1, 0.15) is 32.1 Å². The lowest BCUT2D eigenvalue weighted by Crippen LogP contribution is -2.12. The van der Waals surface area contributed by atoms with Crippen molar-refractivity contribution in [3.8, 4) is 0 Å². The minimum absolute atomic E-state index is 0.0206. The highest BCUT2D eigenvalue weighted by atomic mass is 16.5. The first-order chi connectivity index (χ1) is 4.84. The van der Waals surface area contributed by atoms with Gasteiger partial charge in [-0.1, -0.05) is 0 Å². The van der Waals surface area contributed by atoms with E-state index in [1.54, 1.807) is 0 Å². The second kappa shape index (κ2) is 2.26. The van der Waals surface area contributed by atoms with Gasteiger partial charge in [0.05, 0.1) is 0 Å². The molecule has 2 unspecified atom stereocenters. The molecule has 1 aliphatic heterocycles. The maximum absolute atomic E-state index is 10.9. The predicted molar refractivity (Wildman–Crippen MR) is 36.5 cm³/mol. The van der Waals surface area contributed by atoms with Crippen molar-refractivity contribution < 1.29 is 9.53 Å². The van der Waals surface area contributed by atoms with Crippen LogP contribution in [0, 0.1) is 5.92 Å². The number of esters is 1. The van der Waals surface area contributed by atoms with Crippen LogP contribution in [0.4, 0.5) is 0 Å². The first kappa shape index (κ1) is 6.20. The number of fused-ring (bicyclic) bond motifs is 2. The molecule has 0 aromatic rings. The molecular weight excluding hydrogens is 128 g/mol. The molecule has 2 rings (SSSR count). The van der Waals surface area contributed by atoms with E-state index < -0.39 is 0 Å². The van der Waals surface area contributed by atoms with Crippen LogP contribution in [-0.2, 0) is 9.53 Å². The Kier molecular flexibility index (Phi) is 1.40. The van der Waals surface area contributed by atoms with Crippen molar-refractivity contribution in [1.29, 1.82) is 0 Å². The van der Waals surface area contributed by atoms with E-state index in [9.17, 15) is 4.79 Å². The fourth-order valence-corrected chi connectivity index (χ4v) is 1.97. The Bertz CT molecular complexity index is 153. The molecule has 2 nitrogen and oxygen atoms in total. The average Bonchev–Trinajstić information content (AvgIpc) is 2.22.